The van der Waals surface area contributed by atoms with Crippen molar-refractivity contribution in [2.45, 2.75) is 18.2 Å². The van der Waals surface area contributed by atoms with Crippen LogP contribution in [0.5, 0.6) is 5.75 Å². The van der Waals surface area contributed by atoms with Gasteiger partial charge in [0.2, 0.25) is 0 Å². The Kier molecular flexibility index (Phi) is 4.71. The second kappa shape index (κ2) is 6.84. The summed E-state index contributed by atoms with van der Waals surface area (Å²) in [5.74, 6) is 0.503. The van der Waals surface area contributed by atoms with E-state index in [0.717, 1.165) is 22.4 Å². The van der Waals surface area contributed by atoms with E-state index in [2.05, 4.69) is 0 Å². The number of hydrogen-bond donors (Lipinski definition) is 0. The number of aromatic nitrogens is 1. The number of methoxy groups -OCH3 is 1. The normalized spacial score (nSPS) is 11.5. The molecule has 0 saturated carbocycles. The number of aldehydes is 1. The highest BCUT2D eigenvalue weighted by molar-refractivity contribution is 7.90. The molecule has 0 saturated heterocycles. The van der Waals surface area contributed by atoms with E-state index >= 15 is 0 Å². The molecule has 140 valence electrons. The van der Waals surface area contributed by atoms with Crippen LogP contribution in [0.4, 0.5) is 5.69 Å². The molecule has 0 aliphatic carbocycles. The summed E-state index contributed by atoms with van der Waals surface area (Å²) in [5.41, 5.74) is 1.50. The lowest BCUT2D eigenvalue weighted by Gasteiger charge is -2.11. The summed E-state index contributed by atoms with van der Waals surface area (Å²) in [5, 5.41) is 11.4. The maximum atomic E-state index is 13.1. The standard InChI is InChI=1S/C18H16N2O6S/c1-12-11-19(16-7-8-17(26-2)15(9-10-21)18(12)16)27(24,25)14-5-3-13(4-6-14)20(22)23/h3-8,10-11H,9H2,1-2H3. The molecular weight excluding hydrogens is 372 g/mol. The summed E-state index contributed by atoms with van der Waals surface area (Å²) in [6, 6.07) is 7.91. The smallest absolute Gasteiger partial charge is 0.269 e. The highest BCUT2D eigenvalue weighted by Gasteiger charge is 2.23. The Labute approximate surface area is 155 Å². The molecule has 8 nitrogen and oxygen atoms in total. The van der Waals surface area contributed by atoms with E-state index in [1.165, 1.54) is 25.4 Å². The number of nitro groups is 1. The average molecular weight is 388 g/mol. The SMILES string of the molecule is COc1ccc2c(c(C)cn2S(=O)(=O)c2ccc([N+](=O)[O-])cc2)c1CC=O. The first-order chi connectivity index (χ1) is 12.8. The molecule has 2 aromatic carbocycles. The fraction of sp³-hybridized carbons (Fsp3) is 0.167. The number of carbonyl (C=O) groups is 1. The van der Waals surface area contributed by atoms with Crippen molar-refractivity contribution in [3.05, 3.63) is 63.8 Å². The van der Waals surface area contributed by atoms with Gasteiger partial charge in [0.15, 0.2) is 0 Å². The Morgan fingerprint density at radius 2 is 1.85 bits per heavy atom. The molecule has 1 aromatic heterocycles. The van der Waals surface area contributed by atoms with Crippen LogP contribution >= 0.6 is 0 Å². The zero-order valence-corrected chi connectivity index (χ0v) is 15.4. The number of non-ortho nitro benzene ring substituents is 1. The molecule has 0 atom stereocenters. The largest absolute Gasteiger partial charge is 0.496 e. The van der Waals surface area contributed by atoms with Crippen LogP contribution in [0, 0.1) is 17.0 Å². The molecular formula is C18H16N2O6S. The zero-order chi connectivity index (χ0) is 19.8. The van der Waals surface area contributed by atoms with Gasteiger partial charge in [0.1, 0.15) is 12.0 Å². The third kappa shape index (κ3) is 3.06. The third-order valence-electron chi connectivity index (χ3n) is 4.30. The third-order valence-corrected chi connectivity index (χ3v) is 5.99. The summed E-state index contributed by atoms with van der Waals surface area (Å²) in [4.78, 5) is 21.2. The zero-order valence-electron chi connectivity index (χ0n) is 14.6. The fourth-order valence-corrected chi connectivity index (χ4v) is 4.49. The highest BCUT2D eigenvalue weighted by atomic mass is 32.2. The number of hydrogen-bond acceptors (Lipinski definition) is 6. The van der Waals surface area contributed by atoms with Gasteiger partial charge in [0.05, 0.1) is 22.4 Å². The van der Waals surface area contributed by atoms with Crippen LogP contribution in [-0.2, 0) is 21.2 Å². The molecule has 9 heteroatoms. The number of ether oxygens (including phenoxy) is 1. The molecule has 3 aromatic rings. The number of carbonyl (C=O) groups excluding carboxylic acids is 1. The van der Waals surface area contributed by atoms with Crippen molar-refractivity contribution in [3.63, 3.8) is 0 Å². The molecule has 0 bridgehead atoms. The molecule has 0 spiro atoms. The molecule has 0 unspecified atom stereocenters. The van der Waals surface area contributed by atoms with Gasteiger partial charge < -0.3 is 9.53 Å². The Hall–Kier alpha value is -3.20. The maximum Gasteiger partial charge on any atom is 0.269 e. The van der Waals surface area contributed by atoms with E-state index in [1.807, 2.05) is 0 Å². The first-order valence-corrected chi connectivity index (χ1v) is 9.36. The van der Waals surface area contributed by atoms with Gasteiger partial charge in [0, 0.05) is 35.7 Å². The lowest BCUT2D eigenvalue weighted by Crippen LogP contribution is -2.12. The molecule has 0 amide bonds. The first-order valence-electron chi connectivity index (χ1n) is 7.92. The van der Waals surface area contributed by atoms with E-state index in [-0.39, 0.29) is 17.0 Å². The van der Waals surface area contributed by atoms with Gasteiger partial charge in [-0.2, -0.15) is 0 Å². The number of nitro benzene ring substituents is 1. The number of nitrogens with zero attached hydrogens (tertiary/aromatic N) is 2. The monoisotopic (exact) mass is 388 g/mol. The van der Waals surface area contributed by atoms with E-state index in [0.29, 0.717) is 27.8 Å². The molecule has 0 N–H and O–H groups in total. The van der Waals surface area contributed by atoms with E-state index in [4.69, 9.17) is 4.74 Å². The van der Waals surface area contributed by atoms with Gasteiger partial charge in [-0.25, -0.2) is 12.4 Å². The van der Waals surface area contributed by atoms with Crippen LogP contribution in [0.1, 0.15) is 11.1 Å². The minimum atomic E-state index is -3.97. The predicted octanol–water partition coefficient (Wildman–Crippen LogP) is 2.84. The Morgan fingerprint density at radius 3 is 2.41 bits per heavy atom. The summed E-state index contributed by atoms with van der Waals surface area (Å²) < 4.78 is 32.5. The number of rotatable bonds is 6. The van der Waals surface area contributed by atoms with E-state index in [9.17, 15) is 23.3 Å². The van der Waals surface area contributed by atoms with Crippen LogP contribution in [0.15, 0.2) is 47.5 Å². The van der Waals surface area contributed by atoms with Crippen molar-refractivity contribution in [1.29, 1.82) is 0 Å². The van der Waals surface area contributed by atoms with Crippen molar-refractivity contribution in [3.8, 4) is 5.75 Å². The molecule has 0 radical (unpaired) electrons. The van der Waals surface area contributed by atoms with Crippen LogP contribution in [0.25, 0.3) is 10.9 Å². The minimum absolute atomic E-state index is 0.0715. The van der Waals surface area contributed by atoms with Gasteiger partial charge in [-0.3, -0.25) is 10.1 Å². The number of aryl methyl sites for hydroxylation is 1. The van der Waals surface area contributed by atoms with Crippen molar-refractivity contribution < 1.29 is 22.9 Å². The quantitative estimate of drug-likeness (QED) is 0.365. The van der Waals surface area contributed by atoms with Gasteiger partial charge >= 0.3 is 0 Å². The number of fused-ring (bicyclic) bond motifs is 1. The van der Waals surface area contributed by atoms with Crippen LogP contribution in [-0.4, -0.2) is 30.7 Å². The summed E-state index contributed by atoms with van der Waals surface area (Å²) in [6.45, 7) is 1.75. The summed E-state index contributed by atoms with van der Waals surface area (Å²) in [6.07, 6.45) is 2.29. The average Bonchev–Trinajstić information content (AvgIpc) is 3.00. The van der Waals surface area contributed by atoms with Crippen molar-refractivity contribution in [1.82, 2.24) is 3.97 Å². The minimum Gasteiger partial charge on any atom is -0.496 e. The van der Waals surface area contributed by atoms with Gasteiger partial charge in [0.25, 0.3) is 15.7 Å². The fourth-order valence-electron chi connectivity index (χ4n) is 3.08. The molecule has 0 aliphatic rings. The molecule has 0 aliphatic heterocycles. The van der Waals surface area contributed by atoms with E-state index in [1.54, 1.807) is 19.1 Å². The molecule has 0 fully saturated rings. The lowest BCUT2D eigenvalue weighted by atomic mass is 10.0. The topological polar surface area (TPSA) is 109 Å². The summed E-state index contributed by atoms with van der Waals surface area (Å²) in [7, 11) is -2.49. The highest BCUT2D eigenvalue weighted by Crippen LogP contribution is 2.34. The Bertz CT molecular complexity index is 1150. The van der Waals surface area contributed by atoms with Crippen LogP contribution < -0.4 is 4.74 Å². The molecule has 27 heavy (non-hydrogen) atoms. The van der Waals surface area contributed by atoms with Crippen molar-refractivity contribution >= 4 is 32.9 Å². The van der Waals surface area contributed by atoms with Crippen molar-refractivity contribution in [2.75, 3.05) is 7.11 Å². The van der Waals surface area contributed by atoms with Gasteiger partial charge in [-0.15, -0.1) is 0 Å². The molecule has 3 rings (SSSR count). The second-order valence-corrected chi connectivity index (χ2v) is 7.69. The van der Waals surface area contributed by atoms with Crippen LogP contribution in [0.2, 0.25) is 0 Å². The van der Waals surface area contributed by atoms with Crippen molar-refractivity contribution in [2.24, 2.45) is 0 Å². The van der Waals surface area contributed by atoms with Gasteiger partial charge in [-0.1, -0.05) is 0 Å². The Morgan fingerprint density at radius 1 is 1.19 bits per heavy atom. The lowest BCUT2D eigenvalue weighted by molar-refractivity contribution is -0.384. The van der Waals surface area contributed by atoms with Crippen LogP contribution in [0.3, 0.4) is 0 Å². The second-order valence-electron chi connectivity index (χ2n) is 5.88. The maximum absolute atomic E-state index is 13.1. The number of benzene rings is 2. The predicted molar refractivity (Wildman–Crippen MR) is 98.7 cm³/mol. The summed E-state index contributed by atoms with van der Waals surface area (Å²) >= 11 is 0. The van der Waals surface area contributed by atoms with E-state index < -0.39 is 14.9 Å². The first kappa shape index (κ1) is 18.6. The molecule has 1 heterocycles. The van der Waals surface area contributed by atoms with Gasteiger partial charge in [-0.05, 0) is 36.8 Å². The Balaban J connectivity index is 2.23.